The van der Waals surface area contributed by atoms with Gasteiger partial charge in [-0.05, 0) is 60.6 Å². The average molecular weight is 286 g/mol. The quantitative estimate of drug-likeness (QED) is 0.898. The molecule has 2 aromatic rings. The van der Waals surface area contributed by atoms with Crippen molar-refractivity contribution in [3.63, 3.8) is 0 Å². The van der Waals surface area contributed by atoms with Gasteiger partial charge in [-0.3, -0.25) is 4.98 Å². The van der Waals surface area contributed by atoms with Crippen molar-refractivity contribution in [3.05, 3.63) is 42.1 Å². The summed E-state index contributed by atoms with van der Waals surface area (Å²) in [6.07, 6.45) is 4.38. The van der Waals surface area contributed by atoms with Gasteiger partial charge in [0.1, 0.15) is 0 Å². The molecular formula is C17H22N2S. The van der Waals surface area contributed by atoms with Gasteiger partial charge in [0.25, 0.3) is 0 Å². The molecule has 1 fully saturated rings. The van der Waals surface area contributed by atoms with Crippen LogP contribution in [0.3, 0.4) is 0 Å². The molecule has 0 spiro atoms. The summed E-state index contributed by atoms with van der Waals surface area (Å²) in [7, 11) is 0. The van der Waals surface area contributed by atoms with Gasteiger partial charge >= 0.3 is 0 Å². The Morgan fingerprint density at radius 3 is 3.15 bits per heavy atom. The molecule has 106 valence electrons. The van der Waals surface area contributed by atoms with Crippen LogP contribution in [0.4, 0.5) is 0 Å². The molecule has 1 aliphatic heterocycles. The maximum atomic E-state index is 4.42. The number of hydrogen-bond donors (Lipinski definition) is 1. The number of rotatable bonds is 5. The summed E-state index contributed by atoms with van der Waals surface area (Å²) in [5, 5.41) is 5.01. The Balaban J connectivity index is 1.90. The van der Waals surface area contributed by atoms with Gasteiger partial charge in [0.05, 0.1) is 5.52 Å². The van der Waals surface area contributed by atoms with E-state index < -0.39 is 0 Å². The third-order valence-electron chi connectivity index (χ3n) is 4.04. The molecule has 0 amide bonds. The number of hydrogen-bond acceptors (Lipinski definition) is 3. The Morgan fingerprint density at radius 2 is 2.35 bits per heavy atom. The zero-order valence-electron chi connectivity index (χ0n) is 12.0. The van der Waals surface area contributed by atoms with E-state index in [9.17, 15) is 0 Å². The van der Waals surface area contributed by atoms with Crippen molar-refractivity contribution < 1.29 is 0 Å². The summed E-state index contributed by atoms with van der Waals surface area (Å²) in [5.74, 6) is 3.36. The normalized spacial score (nSPS) is 20.4. The fourth-order valence-corrected chi connectivity index (χ4v) is 4.26. The summed E-state index contributed by atoms with van der Waals surface area (Å²) < 4.78 is 0. The van der Waals surface area contributed by atoms with Crippen LogP contribution in [0.25, 0.3) is 10.9 Å². The van der Waals surface area contributed by atoms with E-state index in [1.54, 1.807) is 0 Å². The second kappa shape index (κ2) is 6.59. The molecule has 0 bridgehead atoms. The minimum absolute atomic E-state index is 0.495. The fourth-order valence-electron chi connectivity index (χ4n) is 2.96. The fraction of sp³-hybridized carbons (Fsp3) is 0.471. The average Bonchev–Trinajstić information content (AvgIpc) is 3.02. The maximum absolute atomic E-state index is 4.42. The number of thioether (sulfide) groups is 1. The van der Waals surface area contributed by atoms with Crippen LogP contribution in [-0.2, 0) is 0 Å². The first-order valence-electron chi connectivity index (χ1n) is 7.54. The van der Waals surface area contributed by atoms with E-state index in [0.717, 1.165) is 18.0 Å². The Hall–Kier alpha value is -1.06. The topological polar surface area (TPSA) is 24.9 Å². The zero-order valence-corrected chi connectivity index (χ0v) is 12.8. The van der Waals surface area contributed by atoms with Gasteiger partial charge in [-0.15, -0.1) is 0 Å². The molecule has 1 N–H and O–H groups in total. The van der Waals surface area contributed by atoms with Crippen molar-refractivity contribution >= 4 is 22.7 Å². The second-order valence-electron chi connectivity index (χ2n) is 5.51. The van der Waals surface area contributed by atoms with Gasteiger partial charge in [0.2, 0.25) is 0 Å². The Bertz CT molecular complexity index is 564. The number of aromatic nitrogens is 1. The lowest BCUT2D eigenvalue weighted by molar-refractivity contribution is 0.394. The van der Waals surface area contributed by atoms with Crippen LogP contribution in [0.2, 0.25) is 0 Å². The van der Waals surface area contributed by atoms with Gasteiger partial charge < -0.3 is 5.32 Å². The Kier molecular flexibility index (Phi) is 4.58. The van der Waals surface area contributed by atoms with Crippen LogP contribution in [0.5, 0.6) is 0 Å². The number of nitrogens with one attached hydrogen (secondary N) is 1. The molecule has 20 heavy (non-hydrogen) atoms. The predicted molar refractivity (Wildman–Crippen MR) is 88.2 cm³/mol. The number of fused-ring (bicyclic) bond motifs is 1. The lowest BCUT2D eigenvalue weighted by Gasteiger charge is -2.25. The molecule has 3 heteroatoms. The SMILES string of the molecule is CCCNC(c1ccc2ncccc2c1)C1CCSC1. The highest BCUT2D eigenvalue weighted by atomic mass is 32.2. The van der Waals surface area contributed by atoms with Crippen molar-refractivity contribution in [3.8, 4) is 0 Å². The molecule has 0 aliphatic carbocycles. The maximum Gasteiger partial charge on any atom is 0.0702 e. The first-order chi connectivity index (χ1) is 9.88. The van der Waals surface area contributed by atoms with E-state index in [2.05, 4.69) is 53.3 Å². The Labute approximate surface area is 125 Å². The van der Waals surface area contributed by atoms with Gasteiger partial charge in [-0.2, -0.15) is 11.8 Å². The van der Waals surface area contributed by atoms with Crippen LogP contribution in [0.1, 0.15) is 31.4 Å². The van der Waals surface area contributed by atoms with Crippen molar-refractivity contribution in [1.29, 1.82) is 0 Å². The van der Waals surface area contributed by atoms with Crippen LogP contribution >= 0.6 is 11.8 Å². The molecule has 2 atom stereocenters. The third-order valence-corrected chi connectivity index (χ3v) is 5.22. The standard InChI is InChI=1S/C17H22N2S/c1-2-8-19-17(15-7-10-20-12-15)14-5-6-16-13(11-14)4-3-9-18-16/h3-6,9,11,15,17,19H,2,7-8,10,12H2,1H3. The number of pyridine rings is 1. The molecule has 2 unspecified atom stereocenters. The van der Waals surface area contributed by atoms with Crippen molar-refractivity contribution in [2.75, 3.05) is 18.1 Å². The first-order valence-corrected chi connectivity index (χ1v) is 8.70. The van der Waals surface area contributed by atoms with Crippen LogP contribution in [0, 0.1) is 5.92 Å². The van der Waals surface area contributed by atoms with Gasteiger partial charge in [-0.1, -0.05) is 19.1 Å². The summed E-state index contributed by atoms with van der Waals surface area (Å²) >= 11 is 2.09. The van der Waals surface area contributed by atoms with Crippen LogP contribution < -0.4 is 5.32 Å². The van der Waals surface area contributed by atoms with E-state index in [-0.39, 0.29) is 0 Å². The van der Waals surface area contributed by atoms with E-state index in [4.69, 9.17) is 0 Å². The first kappa shape index (κ1) is 13.9. The van der Waals surface area contributed by atoms with Crippen molar-refractivity contribution in [2.24, 2.45) is 5.92 Å². The smallest absolute Gasteiger partial charge is 0.0702 e. The molecule has 1 saturated heterocycles. The van der Waals surface area contributed by atoms with E-state index in [1.807, 2.05) is 12.3 Å². The molecule has 1 aromatic heterocycles. The summed E-state index contributed by atoms with van der Waals surface area (Å²) in [4.78, 5) is 4.42. The molecular weight excluding hydrogens is 264 g/mol. The largest absolute Gasteiger partial charge is 0.310 e. The van der Waals surface area contributed by atoms with Gasteiger partial charge in [0.15, 0.2) is 0 Å². The third kappa shape index (κ3) is 2.99. The minimum atomic E-state index is 0.495. The highest BCUT2D eigenvalue weighted by Crippen LogP contribution is 2.35. The molecule has 2 heterocycles. The Morgan fingerprint density at radius 1 is 1.40 bits per heavy atom. The number of benzene rings is 1. The van der Waals surface area contributed by atoms with Crippen LogP contribution in [-0.4, -0.2) is 23.0 Å². The van der Waals surface area contributed by atoms with Crippen molar-refractivity contribution in [2.45, 2.75) is 25.8 Å². The highest BCUT2D eigenvalue weighted by molar-refractivity contribution is 7.99. The molecule has 1 aromatic carbocycles. The second-order valence-corrected chi connectivity index (χ2v) is 6.66. The molecule has 2 nitrogen and oxygen atoms in total. The monoisotopic (exact) mass is 286 g/mol. The predicted octanol–water partition coefficient (Wildman–Crippen LogP) is 4.03. The lowest BCUT2D eigenvalue weighted by Crippen LogP contribution is -2.29. The highest BCUT2D eigenvalue weighted by Gasteiger charge is 2.26. The van der Waals surface area contributed by atoms with E-state index >= 15 is 0 Å². The number of nitrogens with zero attached hydrogens (tertiary/aromatic N) is 1. The van der Waals surface area contributed by atoms with Crippen LogP contribution in [0.15, 0.2) is 36.5 Å². The molecule has 0 radical (unpaired) electrons. The van der Waals surface area contributed by atoms with Crippen molar-refractivity contribution in [1.82, 2.24) is 10.3 Å². The summed E-state index contributed by atoms with van der Waals surface area (Å²) in [5.41, 5.74) is 2.51. The van der Waals surface area contributed by atoms with Gasteiger partial charge in [-0.25, -0.2) is 0 Å². The molecule has 1 aliphatic rings. The minimum Gasteiger partial charge on any atom is -0.310 e. The zero-order chi connectivity index (χ0) is 13.8. The molecule has 0 saturated carbocycles. The molecule has 3 rings (SSSR count). The van der Waals surface area contributed by atoms with Gasteiger partial charge in [0, 0.05) is 17.6 Å². The van der Waals surface area contributed by atoms with E-state index in [1.165, 1.54) is 35.3 Å². The summed E-state index contributed by atoms with van der Waals surface area (Å²) in [6.45, 7) is 3.33. The van der Waals surface area contributed by atoms with E-state index in [0.29, 0.717) is 6.04 Å². The lowest BCUT2D eigenvalue weighted by atomic mass is 9.91. The summed E-state index contributed by atoms with van der Waals surface area (Å²) in [6, 6.07) is 11.4.